The molecule has 3 aromatic heterocycles. The smallest absolute Gasteiger partial charge is 0.270 e. The zero-order valence-electron chi connectivity index (χ0n) is 28.7. The van der Waals surface area contributed by atoms with Crippen molar-refractivity contribution < 1.29 is 20.1 Å². The van der Waals surface area contributed by atoms with Crippen LogP contribution in [0.25, 0.3) is 33.3 Å². The number of aryl methyl sites for hydroxylation is 1. The van der Waals surface area contributed by atoms with Gasteiger partial charge in [0.1, 0.15) is 17.1 Å². The number of carbonyl (C=O) groups excluding carboxylic acids is 2. The first-order valence-electron chi connectivity index (χ1n) is 17.0. The Morgan fingerprint density at radius 2 is 1.88 bits per heavy atom. The molecule has 0 aliphatic carbocycles. The summed E-state index contributed by atoms with van der Waals surface area (Å²) in [5, 5.41) is 3.94. The second kappa shape index (κ2) is 14.5. The molecule has 0 radical (unpaired) electrons. The lowest BCUT2D eigenvalue weighted by Crippen LogP contribution is -2.49. The molecule has 3 N–H and O–H groups in total. The van der Waals surface area contributed by atoms with Crippen LogP contribution in [-0.4, -0.2) is 101 Å². The summed E-state index contributed by atoms with van der Waals surface area (Å²) in [6, 6.07) is 13.2. The Morgan fingerprint density at radius 1 is 1.06 bits per heavy atom. The number of benzene rings is 2. The van der Waals surface area contributed by atoms with E-state index in [0.717, 1.165) is 28.0 Å². The van der Waals surface area contributed by atoms with Gasteiger partial charge in [0, 0.05) is 95.0 Å². The third-order valence-corrected chi connectivity index (χ3v) is 9.66. The number of aromatic nitrogens is 3. The maximum Gasteiger partial charge on any atom is 0.270 e. The van der Waals surface area contributed by atoms with E-state index in [9.17, 15) is 9.59 Å². The Kier molecular flexibility index (Phi) is 9.51. The van der Waals surface area contributed by atoms with E-state index >= 15 is 4.39 Å². The Labute approximate surface area is 296 Å². The van der Waals surface area contributed by atoms with Crippen molar-refractivity contribution in [1.29, 1.82) is 0 Å². The molecule has 264 valence electrons. The number of hydrazone groups is 1. The number of rotatable bonds is 9. The second-order valence-corrected chi connectivity index (χ2v) is 12.7. The number of H-pyrrole nitrogens is 1. The lowest BCUT2D eigenvalue weighted by molar-refractivity contribution is -0.130. The van der Waals surface area contributed by atoms with Gasteiger partial charge in [0.25, 0.3) is 5.91 Å². The van der Waals surface area contributed by atoms with Crippen LogP contribution in [0.3, 0.4) is 0 Å². The molecule has 2 amide bonds. The zero-order valence-corrected chi connectivity index (χ0v) is 28.7. The quantitative estimate of drug-likeness (QED) is 0.124. The highest BCUT2D eigenvalue weighted by molar-refractivity contribution is 6.15. The Hall–Kier alpha value is -5.98. The van der Waals surface area contributed by atoms with Crippen molar-refractivity contribution in [3.05, 3.63) is 89.8 Å². The van der Waals surface area contributed by atoms with E-state index in [0.29, 0.717) is 73.7 Å². The number of aromatic amines is 1. The zero-order chi connectivity index (χ0) is 35.5. The fourth-order valence-electron chi connectivity index (χ4n) is 7.03. The number of aliphatic imine (C=N–C) groups is 1. The number of piperazine rings is 1. The van der Waals surface area contributed by atoms with Crippen LogP contribution in [0.4, 0.5) is 10.1 Å². The van der Waals surface area contributed by atoms with Gasteiger partial charge in [-0.1, -0.05) is 24.3 Å². The Morgan fingerprint density at radius 3 is 2.69 bits per heavy atom. The third-order valence-electron chi connectivity index (χ3n) is 9.66. The van der Waals surface area contributed by atoms with Gasteiger partial charge in [0.05, 0.1) is 24.5 Å². The molecular formula is C38H42FN9O3. The van der Waals surface area contributed by atoms with Gasteiger partial charge in [-0.05, 0) is 54.3 Å². The van der Waals surface area contributed by atoms with Gasteiger partial charge in [-0.3, -0.25) is 14.6 Å². The maximum atomic E-state index is 16.7. The number of ether oxygens (including phenoxy) is 1. The van der Waals surface area contributed by atoms with Crippen LogP contribution >= 0.6 is 0 Å². The number of halogens is 1. The number of nitrogens with one attached hydrogen (secondary N) is 1. The molecule has 2 aliphatic heterocycles. The first-order chi connectivity index (χ1) is 24.9. The van der Waals surface area contributed by atoms with Crippen molar-refractivity contribution >= 4 is 52.1 Å². The molecule has 7 rings (SSSR count). The van der Waals surface area contributed by atoms with Crippen LogP contribution in [0.15, 0.2) is 77.2 Å². The van der Waals surface area contributed by atoms with Crippen LogP contribution in [0.1, 0.15) is 35.9 Å². The lowest BCUT2D eigenvalue weighted by Gasteiger charge is -2.36. The standard InChI is InChI=1S/C38H40FN9O3.H2/c1-25-20-34-42-13-15-47(34)24-32(25)45-16-18-46(19-17-45)38(50)31-22-30-29(27-7-3-4-8-33(27)51-2)21-28(36(39)37(30)44-31)26-6-5-14-48(23-26)35(49)9-10-41-11-12-43-40;/h3-4,6-8,11-13,15,20-22,24,44H,5,9-10,14,16-19,23,40H2,1-2H3;1H/b41-11?,43-12-;. The van der Waals surface area contributed by atoms with E-state index < -0.39 is 5.82 Å². The summed E-state index contributed by atoms with van der Waals surface area (Å²) < 4.78 is 24.4. The first kappa shape index (κ1) is 33.5. The molecule has 5 aromatic rings. The molecule has 0 unspecified atom stereocenters. The average molecular weight is 692 g/mol. The van der Waals surface area contributed by atoms with Gasteiger partial charge in [0.15, 0.2) is 5.82 Å². The highest BCUT2D eigenvalue weighted by atomic mass is 19.1. The van der Waals surface area contributed by atoms with Crippen molar-refractivity contribution in [3.63, 3.8) is 0 Å². The summed E-state index contributed by atoms with van der Waals surface area (Å²) in [4.78, 5) is 44.6. The normalized spacial score (nSPS) is 15.4. The number of amides is 2. The van der Waals surface area contributed by atoms with Crippen LogP contribution in [0.2, 0.25) is 0 Å². The Balaban J connectivity index is 0.00000464. The fraction of sp³-hybridized carbons (Fsp3) is 0.289. The van der Waals surface area contributed by atoms with Gasteiger partial charge >= 0.3 is 0 Å². The summed E-state index contributed by atoms with van der Waals surface area (Å²) in [6.07, 6.45) is 11.4. The topological polar surface area (TPSA) is 137 Å². The number of nitrogens with zero attached hydrogens (tertiary/aromatic N) is 7. The molecule has 2 aliphatic rings. The van der Waals surface area contributed by atoms with Crippen LogP contribution in [0.5, 0.6) is 5.75 Å². The predicted octanol–water partition coefficient (Wildman–Crippen LogP) is 5.17. The van der Waals surface area contributed by atoms with Gasteiger partial charge in [-0.15, -0.1) is 0 Å². The van der Waals surface area contributed by atoms with Crippen molar-refractivity contribution in [1.82, 2.24) is 24.2 Å². The Bertz CT molecular complexity index is 2200. The number of carbonyl (C=O) groups is 2. The molecule has 51 heavy (non-hydrogen) atoms. The maximum absolute atomic E-state index is 16.7. The fourth-order valence-corrected chi connectivity index (χ4v) is 7.03. The summed E-state index contributed by atoms with van der Waals surface area (Å²) in [5.41, 5.74) is 6.25. The van der Waals surface area contributed by atoms with Crippen LogP contribution < -0.4 is 15.5 Å². The predicted molar refractivity (Wildman–Crippen MR) is 200 cm³/mol. The minimum absolute atomic E-state index is 0. The van der Waals surface area contributed by atoms with E-state index in [1.54, 1.807) is 24.3 Å². The number of nitrogens with two attached hydrogens (primary N) is 1. The molecule has 5 heterocycles. The highest BCUT2D eigenvalue weighted by Crippen LogP contribution is 2.40. The van der Waals surface area contributed by atoms with Crippen molar-refractivity contribution in [2.24, 2.45) is 15.9 Å². The van der Waals surface area contributed by atoms with E-state index in [1.165, 1.54) is 12.4 Å². The highest BCUT2D eigenvalue weighted by Gasteiger charge is 2.28. The van der Waals surface area contributed by atoms with Gasteiger partial charge < -0.3 is 34.7 Å². The lowest BCUT2D eigenvalue weighted by atomic mass is 9.93. The SMILES string of the molecule is COc1ccccc1-c1cc(C2=CCCN(C(=O)CCN=C/C=N\N)C2)c(F)c2[nH]c(C(=O)N3CCN(c4cn5ccnc5cc4C)CC3)cc12.[HH]. The molecule has 1 saturated heterocycles. The summed E-state index contributed by atoms with van der Waals surface area (Å²) in [7, 11) is 1.60. The molecular weight excluding hydrogens is 649 g/mol. The van der Waals surface area contributed by atoms with Crippen LogP contribution in [-0.2, 0) is 4.79 Å². The summed E-state index contributed by atoms with van der Waals surface area (Å²) in [6.45, 7) is 5.52. The molecule has 0 saturated carbocycles. The van der Waals surface area contributed by atoms with E-state index in [4.69, 9.17) is 10.6 Å². The molecule has 1 fully saturated rings. The van der Waals surface area contributed by atoms with Gasteiger partial charge in [-0.25, -0.2) is 9.37 Å². The van der Waals surface area contributed by atoms with Crippen LogP contribution in [0, 0.1) is 12.7 Å². The number of imidazole rings is 1. The third kappa shape index (κ3) is 6.66. The summed E-state index contributed by atoms with van der Waals surface area (Å²) >= 11 is 0. The molecule has 12 nitrogen and oxygen atoms in total. The largest absolute Gasteiger partial charge is 0.496 e. The van der Waals surface area contributed by atoms with Gasteiger partial charge in [-0.2, -0.15) is 5.10 Å². The number of fused-ring (bicyclic) bond motifs is 2. The molecule has 2 aromatic carbocycles. The van der Waals surface area contributed by atoms with E-state index in [-0.39, 0.29) is 31.7 Å². The average Bonchev–Trinajstić information content (AvgIpc) is 3.82. The number of pyridine rings is 1. The number of anilines is 1. The molecule has 0 atom stereocenters. The summed E-state index contributed by atoms with van der Waals surface area (Å²) in [5.74, 6) is 4.99. The first-order valence-corrected chi connectivity index (χ1v) is 17.0. The monoisotopic (exact) mass is 691 g/mol. The van der Waals surface area contributed by atoms with E-state index in [1.807, 2.05) is 51.9 Å². The number of hydrogen-bond donors (Lipinski definition) is 2. The molecule has 0 spiro atoms. The van der Waals surface area contributed by atoms with Crippen molar-refractivity contribution in [2.45, 2.75) is 19.8 Å². The van der Waals surface area contributed by atoms with Crippen molar-refractivity contribution in [3.8, 4) is 16.9 Å². The van der Waals surface area contributed by atoms with Gasteiger partial charge in [0.2, 0.25) is 5.91 Å². The molecule has 0 bridgehead atoms. The number of hydrogen-bond acceptors (Lipinski definition) is 8. The van der Waals surface area contributed by atoms with Crippen molar-refractivity contribution in [2.75, 3.05) is 57.8 Å². The minimum atomic E-state index is -0.468. The minimum Gasteiger partial charge on any atom is -0.496 e. The second-order valence-electron chi connectivity index (χ2n) is 12.7. The number of para-hydroxylation sites is 1. The van der Waals surface area contributed by atoms with E-state index in [2.05, 4.69) is 44.1 Å². The number of methoxy groups -OCH3 is 1. The molecule has 13 heteroatoms.